The molecule has 2 aromatic rings. The molecule has 0 aliphatic rings. The highest BCUT2D eigenvalue weighted by molar-refractivity contribution is 7.99. The first-order valence-electron chi connectivity index (χ1n) is 5.21. The number of aromatic nitrogens is 2. The first-order valence-corrected chi connectivity index (χ1v) is 6.02. The topological polar surface area (TPSA) is 38.1 Å². The molecule has 0 aliphatic carbocycles. The predicted molar refractivity (Wildman–Crippen MR) is 64.4 cm³/mol. The van der Waals surface area contributed by atoms with Crippen molar-refractivity contribution in [1.82, 2.24) is 9.78 Å². The number of nitrogens with zero attached hydrogens (tertiary/aromatic N) is 2. The predicted octanol–water partition coefficient (Wildman–Crippen LogP) is 2.76. The Morgan fingerprint density at radius 3 is 2.82 bits per heavy atom. The van der Waals surface area contributed by atoms with Crippen LogP contribution in [0.4, 0.5) is 4.39 Å². The van der Waals surface area contributed by atoms with E-state index in [9.17, 15) is 9.50 Å². The van der Waals surface area contributed by atoms with E-state index in [0.29, 0.717) is 10.5 Å². The normalized spacial score (nSPS) is 12.7. The van der Waals surface area contributed by atoms with Crippen molar-refractivity contribution in [3.05, 3.63) is 42.0 Å². The summed E-state index contributed by atoms with van der Waals surface area (Å²) in [6.07, 6.45) is 2.73. The van der Waals surface area contributed by atoms with Crippen LogP contribution in [0.25, 0.3) is 0 Å². The minimum atomic E-state index is -0.824. The molecule has 1 aromatic heterocycles. The molecular formula is C12H13FN2OS. The number of aliphatic hydroxyl groups is 1. The van der Waals surface area contributed by atoms with Crippen LogP contribution in [0.1, 0.15) is 18.6 Å². The van der Waals surface area contributed by atoms with Gasteiger partial charge < -0.3 is 5.11 Å². The summed E-state index contributed by atoms with van der Waals surface area (Å²) in [5.41, 5.74) is 0.335. The fraction of sp³-hybridized carbons (Fsp3) is 0.250. The Labute approximate surface area is 103 Å². The number of rotatable bonds is 3. The Hall–Kier alpha value is -1.33. The highest BCUT2D eigenvalue weighted by Crippen LogP contribution is 2.34. The molecule has 17 heavy (non-hydrogen) atoms. The van der Waals surface area contributed by atoms with Crippen LogP contribution in [0, 0.1) is 5.82 Å². The second-order valence-corrected chi connectivity index (χ2v) is 4.89. The number of hydrogen-bond donors (Lipinski definition) is 1. The van der Waals surface area contributed by atoms with Crippen LogP contribution < -0.4 is 0 Å². The Morgan fingerprint density at radius 2 is 2.24 bits per heavy atom. The van der Waals surface area contributed by atoms with Gasteiger partial charge in [-0.2, -0.15) is 5.10 Å². The van der Waals surface area contributed by atoms with E-state index in [4.69, 9.17) is 0 Å². The van der Waals surface area contributed by atoms with Crippen LogP contribution in [0.2, 0.25) is 0 Å². The molecule has 1 atom stereocenters. The molecule has 3 nitrogen and oxygen atoms in total. The molecule has 0 bridgehead atoms. The number of aryl methyl sites for hydroxylation is 1. The third-order valence-corrected chi connectivity index (χ3v) is 3.36. The minimum absolute atomic E-state index is 0.335. The Bertz CT molecular complexity index is 525. The number of halogens is 1. The zero-order chi connectivity index (χ0) is 12.4. The molecule has 90 valence electrons. The fourth-order valence-electron chi connectivity index (χ4n) is 1.59. The molecule has 1 N–H and O–H groups in total. The molecule has 0 fully saturated rings. The highest BCUT2D eigenvalue weighted by atomic mass is 32.2. The van der Waals surface area contributed by atoms with Crippen molar-refractivity contribution in [2.24, 2.45) is 7.05 Å². The van der Waals surface area contributed by atoms with Crippen LogP contribution >= 0.6 is 11.8 Å². The third kappa shape index (κ3) is 2.68. The second-order valence-electron chi connectivity index (χ2n) is 3.78. The summed E-state index contributed by atoms with van der Waals surface area (Å²) >= 11 is 1.39. The van der Waals surface area contributed by atoms with E-state index in [-0.39, 0.29) is 5.82 Å². The smallest absolute Gasteiger partial charge is 0.130 e. The Balaban J connectivity index is 2.35. The van der Waals surface area contributed by atoms with Crippen molar-refractivity contribution in [3.8, 4) is 0 Å². The van der Waals surface area contributed by atoms with Crippen LogP contribution in [0.5, 0.6) is 0 Å². The van der Waals surface area contributed by atoms with Crippen molar-refractivity contribution in [3.63, 3.8) is 0 Å². The van der Waals surface area contributed by atoms with Crippen LogP contribution in [-0.4, -0.2) is 14.9 Å². The molecule has 1 heterocycles. The van der Waals surface area contributed by atoms with Gasteiger partial charge in [-0.25, -0.2) is 4.39 Å². The van der Waals surface area contributed by atoms with Gasteiger partial charge in [-0.05, 0) is 19.1 Å². The fourth-order valence-corrected chi connectivity index (χ4v) is 2.67. The van der Waals surface area contributed by atoms with Gasteiger partial charge in [0.25, 0.3) is 0 Å². The summed E-state index contributed by atoms with van der Waals surface area (Å²) in [7, 11) is 1.82. The average molecular weight is 252 g/mol. The van der Waals surface area contributed by atoms with Gasteiger partial charge in [0.05, 0.1) is 17.2 Å². The molecule has 1 aromatic carbocycles. The van der Waals surface area contributed by atoms with Gasteiger partial charge in [0.2, 0.25) is 0 Å². The summed E-state index contributed by atoms with van der Waals surface area (Å²) in [5, 5.41) is 13.6. The maximum absolute atomic E-state index is 13.6. The SMILES string of the molecule is C[C@H](O)c1c(F)cccc1Sc1cnn(C)c1. The van der Waals surface area contributed by atoms with Crippen LogP contribution in [-0.2, 0) is 7.05 Å². The van der Waals surface area contributed by atoms with Crippen LogP contribution in [0.15, 0.2) is 40.4 Å². The largest absolute Gasteiger partial charge is 0.389 e. The van der Waals surface area contributed by atoms with Gasteiger partial charge in [0.15, 0.2) is 0 Å². The Kier molecular flexibility index (Phi) is 3.49. The molecular weight excluding hydrogens is 239 g/mol. The molecule has 0 saturated carbocycles. The standard InChI is InChI=1S/C12H13FN2OS/c1-8(16)12-10(13)4-3-5-11(12)17-9-6-14-15(2)7-9/h3-8,16H,1-2H3/t8-/m0/s1. The number of benzene rings is 1. The highest BCUT2D eigenvalue weighted by Gasteiger charge is 2.14. The van der Waals surface area contributed by atoms with Crippen molar-refractivity contribution >= 4 is 11.8 Å². The molecule has 5 heteroatoms. The zero-order valence-electron chi connectivity index (χ0n) is 9.59. The molecule has 0 spiro atoms. The Morgan fingerprint density at radius 1 is 1.47 bits per heavy atom. The lowest BCUT2D eigenvalue weighted by molar-refractivity contribution is 0.191. The summed E-state index contributed by atoms with van der Waals surface area (Å²) in [4.78, 5) is 1.63. The first-order chi connectivity index (χ1) is 8.08. The summed E-state index contributed by atoms with van der Waals surface area (Å²) < 4.78 is 15.3. The minimum Gasteiger partial charge on any atom is -0.389 e. The van der Waals surface area contributed by atoms with Gasteiger partial charge in [0, 0.05) is 23.7 Å². The van der Waals surface area contributed by atoms with Crippen molar-refractivity contribution in [1.29, 1.82) is 0 Å². The molecule has 2 rings (SSSR count). The van der Waals surface area contributed by atoms with E-state index < -0.39 is 6.10 Å². The van der Waals surface area contributed by atoms with E-state index in [1.54, 1.807) is 29.9 Å². The van der Waals surface area contributed by atoms with Gasteiger partial charge >= 0.3 is 0 Å². The van der Waals surface area contributed by atoms with Crippen LogP contribution in [0.3, 0.4) is 0 Å². The van der Waals surface area contributed by atoms with E-state index >= 15 is 0 Å². The van der Waals surface area contributed by atoms with E-state index in [1.807, 2.05) is 13.2 Å². The van der Waals surface area contributed by atoms with Gasteiger partial charge in [-0.15, -0.1) is 0 Å². The second kappa shape index (κ2) is 4.89. The molecule has 0 unspecified atom stereocenters. The molecule has 0 aliphatic heterocycles. The molecule has 0 saturated heterocycles. The van der Waals surface area contributed by atoms with Gasteiger partial charge in [-0.3, -0.25) is 4.68 Å². The summed E-state index contributed by atoms with van der Waals surface area (Å²) in [6.45, 7) is 1.56. The van der Waals surface area contributed by atoms with E-state index in [0.717, 1.165) is 4.90 Å². The van der Waals surface area contributed by atoms with E-state index in [1.165, 1.54) is 17.8 Å². The first kappa shape index (κ1) is 12.1. The number of aliphatic hydroxyl groups excluding tert-OH is 1. The maximum Gasteiger partial charge on any atom is 0.130 e. The van der Waals surface area contributed by atoms with Crippen molar-refractivity contribution in [2.75, 3.05) is 0 Å². The number of hydrogen-bond acceptors (Lipinski definition) is 3. The lowest BCUT2D eigenvalue weighted by Crippen LogP contribution is -1.98. The zero-order valence-corrected chi connectivity index (χ0v) is 10.4. The monoisotopic (exact) mass is 252 g/mol. The molecule has 0 amide bonds. The quantitative estimate of drug-likeness (QED) is 0.912. The van der Waals surface area contributed by atoms with Crippen molar-refractivity contribution in [2.45, 2.75) is 22.8 Å². The average Bonchev–Trinajstić information content (AvgIpc) is 2.63. The third-order valence-electron chi connectivity index (χ3n) is 2.34. The lowest BCUT2D eigenvalue weighted by Gasteiger charge is -2.11. The van der Waals surface area contributed by atoms with Gasteiger partial charge in [0.1, 0.15) is 5.82 Å². The summed E-state index contributed by atoms with van der Waals surface area (Å²) in [5.74, 6) is -0.381. The van der Waals surface area contributed by atoms with Crippen molar-refractivity contribution < 1.29 is 9.50 Å². The lowest BCUT2D eigenvalue weighted by atomic mass is 10.1. The summed E-state index contributed by atoms with van der Waals surface area (Å²) in [6, 6.07) is 4.79. The van der Waals surface area contributed by atoms with E-state index in [2.05, 4.69) is 5.10 Å². The molecule has 0 radical (unpaired) electrons. The van der Waals surface area contributed by atoms with Gasteiger partial charge in [-0.1, -0.05) is 17.8 Å². The maximum atomic E-state index is 13.6.